The number of amides is 2. The van der Waals surface area contributed by atoms with Crippen molar-refractivity contribution in [2.45, 2.75) is 13.0 Å². The number of carbonyl (C=O) groups excluding carboxylic acids is 1. The third-order valence-electron chi connectivity index (χ3n) is 4.25. The molecular formula is C20H20N4O3. The molecule has 3 aromatic rings. The number of nitrogens with zero attached hydrogens (tertiary/aromatic N) is 2. The van der Waals surface area contributed by atoms with Crippen LogP contribution in [0, 0.1) is 0 Å². The second-order valence-electron chi connectivity index (χ2n) is 6.18. The largest absolute Gasteiger partial charge is 0.454 e. The molecule has 1 aliphatic heterocycles. The van der Waals surface area contributed by atoms with Crippen molar-refractivity contribution in [2.75, 3.05) is 13.3 Å². The molecule has 0 radical (unpaired) electrons. The SMILES string of the molecule is O=C(NCCc1ccc2c(c1)OCO2)NCc1cnn(-c2ccccc2)c1. The fourth-order valence-corrected chi connectivity index (χ4v) is 2.83. The number of para-hydroxylation sites is 1. The molecule has 0 fully saturated rings. The van der Waals surface area contributed by atoms with Crippen LogP contribution in [0.3, 0.4) is 0 Å². The highest BCUT2D eigenvalue weighted by atomic mass is 16.7. The van der Waals surface area contributed by atoms with Crippen molar-refractivity contribution in [3.8, 4) is 17.2 Å². The van der Waals surface area contributed by atoms with E-state index in [0.717, 1.165) is 34.7 Å². The Bertz CT molecular complexity index is 924. The number of aromatic nitrogens is 2. The molecular weight excluding hydrogens is 344 g/mol. The smallest absolute Gasteiger partial charge is 0.315 e. The van der Waals surface area contributed by atoms with Crippen molar-refractivity contribution in [3.05, 3.63) is 72.1 Å². The Morgan fingerprint density at radius 1 is 1.04 bits per heavy atom. The number of carbonyl (C=O) groups is 1. The summed E-state index contributed by atoms with van der Waals surface area (Å²) < 4.78 is 12.4. The van der Waals surface area contributed by atoms with Crippen molar-refractivity contribution in [2.24, 2.45) is 0 Å². The first-order valence-electron chi connectivity index (χ1n) is 8.77. The summed E-state index contributed by atoms with van der Waals surface area (Å²) in [7, 11) is 0. The van der Waals surface area contributed by atoms with E-state index < -0.39 is 0 Å². The van der Waals surface area contributed by atoms with E-state index in [0.29, 0.717) is 13.1 Å². The number of rotatable bonds is 6. The minimum Gasteiger partial charge on any atom is -0.454 e. The first kappa shape index (κ1) is 17.0. The van der Waals surface area contributed by atoms with Crippen molar-refractivity contribution in [3.63, 3.8) is 0 Å². The number of fused-ring (bicyclic) bond motifs is 1. The van der Waals surface area contributed by atoms with E-state index in [1.54, 1.807) is 10.9 Å². The lowest BCUT2D eigenvalue weighted by Gasteiger charge is -2.07. The van der Waals surface area contributed by atoms with Gasteiger partial charge < -0.3 is 20.1 Å². The standard InChI is InChI=1S/C20H20N4O3/c25-20(21-9-8-15-6-7-18-19(10-15)27-14-26-18)22-11-16-12-23-24(13-16)17-4-2-1-3-5-17/h1-7,10,12-13H,8-9,11,14H2,(H2,21,22,25). The Morgan fingerprint density at radius 2 is 1.89 bits per heavy atom. The molecule has 0 unspecified atom stereocenters. The maximum Gasteiger partial charge on any atom is 0.315 e. The molecule has 4 rings (SSSR count). The summed E-state index contributed by atoms with van der Waals surface area (Å²) in [5, 5.41) is 10.0. The van der Waals surface area contributed by atoms with E-state index in [2.05, 4.69) is 15.7 Å². The van der Waals surface area contributed by atoms with E-state index in [-0.39, 0.29) is 12.8 Å². The minimum atomic E-state index is -0.205. The Balaban J connectivity index is 1.22. The maximum absolute atomic E-state index is 12.0. The predicted molar refractivity (Wildman–Crippen MR) is 100 cm³/mol. The molecule has 0 saturated carbocycles. The van der Waals surface area contributed by atoms with Crippen LogP contribution in [0.5, 0.6) is 11.5 Å². The molecule has 0 bridgehead atoms. The fraction of sp³-hybridized carbons (Fsp3) is 0.200. The lowest BCUT2D eigenvalue weighted by Crippen LogP contribution is -2.36. The third kappa shape index (κ3) is 4.20. The summed E-state index contributed by atoms with van der Waals surface area (Å²) in [5.41, 5.74) is 3.00. The van der Waals surface area contributed by atoms with Crippen molar-refractivity contribution < 1.29 is 14.3 Å². The van der Waals surface area contributed by atoms with E-state index in [4.69, 9.17) is 9.47 Å². The van der Waals surface area contributed by atoms with Crippen molar-refractivity contribution in [1.29, 1.82) is 0 Å². The molecule has 2 amide bonds. The van der Waals surface area contributed by atoms with Crippen LogP contribution in [0.4, 0.5) is 4.79 Å². The average Bonchev–Trinajstić information content (AvgIpc) is 3.36. The van der Waals surface area contributed by atoms with Gasteiger partial charge in [-0.2, -0.15) is 5.10 Å². The Labute approximate surface area is 156 Å². The van der Waals surface area contributed by atoms with Crippen molar-refractivity contribution in [1.82, 2.24) is 20.4 Å². The zero-order valence-corrected chi connectivity index (χ0v) is 14.7. The number of nitrogens with one attached hydrogen (secondary N) is 2. The van der Waals surface area contributed by atoms with Crippen LogP contribution in [-0.2, 0) is 13.0 Å². The summed E-state index contributed by atoms with van der Waals surface area (Å²) in [4.78, 5) is 12.0. The molecule has 138 valence electrons. The number of ether oxygens (including phenoxy) is 2. The lowest BCUT2D eigenvalue weighted by molar-refractivity contribution is 0.174. The molecule has 0 atom stereocenters. The molecule has 2 aromatic carbocycles. The molecule has 1 aliphatic rings. The van der Waals surface area contributed by atoms with Crippen LogP contribution < -0.4 is 20.1 Å². The Hall–Kier alpha value is -3.48. The summed E-state index contributed by atoms with van der Waals surface area (Å²) in [6.45, 7) is 1.22. The van der Waals surface area contributed by atoms with Crippen molar-refractivity contribution >= 4 is 6.03 Å². The molecule has 2 heterocycles. The van der Waals surface area contributed by atoms with Gasteiger partial charge in [0.1, 0.15) is 0 Å². The normalized spacial score (nSPS) is 12.0. The minimum absolute atomic E-state index is 0.205. The zero-order valence-electron chi connectivity index (χ0n) is 14.7. The monoisotopic (exact) mass is 364 g/mol. The van der Waals surface area contributed by atoms with E-state index in [1.165, 1.54) is 0 Å². The van der Waals surface area contributed by atoms with Gasteiger partial charge in [0.05, 0.1) is 11.9 Å². The molecule has 1 aromatic heterocycles. The highest BCUT2D eigenvalue weighted by molar-refractivity contribution is 5.73. The number of urea groups is 1. The van der Waals surface area contributed by atoms with Gasteiger partial charge in [-0.15, -0.1) is 0 Å². The van der Waals surface area contributed by atoms with Gasteiger partial charge in [-0.05, 0) is 36.2 Å². The van der Waals surface area contributed by atoms with Crippen LogP contribution in [0.15, 0.2) is 60.9 Å². The topological polar surface area (TPSA) is 77.4 Å². The van der Waals surface area contributed by atoms with Crippen LogP contribution in [-0.4, -0.2) is 29.1 Å². The van der Waals surface area contributed by atoms with Crippen LogP contribution in [0.2, 0.25) is 0 Å². The van der Waals surface area contributed by atoms with Crippen LogP contribution in [0.1, 0.15) is 11.1 Å². The second-order valence-corrected chi connectivity index (χ2v) is 6.18. The van der Waals surface area contributed by atoms with Gasteiger partial charge in [0, 0.05) is 24.8 Å². The van der Waals surface area contributed by atoms with Gasteiger partial charge >= 0.3 is 6.03 Å². The molecule has 7 heteroatoms. The number of hydrogen-bond donors (Lipinski definition) is 2. The summed E-state index contributed by atoms with van der Waals surface area (Å²) >= 11 is 0. The van der Waals surface area contributed by atoms with Gasteiger partial charge in [-0.3, -0.25) is 0 Å². The highest BCUT2D eigenvalue weighted by Gasteiger charge is 2.13. The van der Waals surface area contributed by atoms with E-state index in [1.807, 2.05) is 54.7 Å². The summed E-state index contributed by atoms with van der Waals surface area (Å²) in [5.74, 6) is 1.52. The molecule has 0 aliphatic carbocycles. The fourth-order valence-electron chi connectivity index (χ4n) is 2.83. The third-order valence-corrected chi connectivity index (χ3v) is 4.25. The van der Waals surface area contributed by atoms with Gasteiger partial charge in [0.2, 0.25) is 6.79 Å². The summed E-state index contributed by atoms with van der Waals surface area (Å²) in [6, 6.07) is 15.4. The Morgan fingerprint density at radius 3 is 2.78 bits per heavy atom. The van der Waals surface area contributed by atoms with Crippen LogP contribution >= 0.6 is 0 Å². The molecule has 2 N–H and O–H groups in total. The van der Waals surface area contributed by atoms with Gasteiger partial charge in [0.25, 0.3) is 0 Å². The highest BCUT2D eigenvalue weighted by Crippen LogP contribution is 2.32. The van der Waals surface area contributed by atoms with E-state index >= 15 is 0 Å². The van der Waals surface area contributed by atoms with E-state index in [9.17, 15) is 4.79 Å². The van der Waals surface area contributed by atoms with Gasteiger partial charge in [-0.1, -0.05) is 24.3 Å². The lowest BCUT2D eigenvalue weighted by atomic mass is 10.1. The van der Waals surface area contributed by atoms with Crippen LogP contribution in [0.25, 0.3) is 5.69 Å². The Kier molecular flexibility index (Phi) is 4.91. The average molecular weight is 364 g/mol. The molecule has 7 nitrogen and oxygen atoms in total. The molecule has 0 spiro atoms. The maximum atomic E-state index is 12.0. The quantitative estimate of drug-likeness (QED) is 0.705. The number of hydrogen-bond acceptors (Lipinski definition) is 4. The van der Waals surface area contributed by atoms with Gasteiger partial charge in [0.15, 0.2) is 11.5 Å². The first-order valence-corrected chi connectivity index (χ1v) is 8.77. The molecule has 0 saturated heterocycles. The van der Waals surface area contributed by atoms with Gasteiger partial charge in [-0.25, -0.2) is 9.48 Å². The first-order chi connectivity index (χ1) is 13.3. The second kappa shape index (κ2) is 7.82. The molecule has 27 heavy (non-hydrogen) atoms. The zero-order chi connectivity index (χ0) is 18.5. The number of benzene rings is 2. The predicted octanol–water partition coefficient (Wildman–Crippen LogP) is 2.64. The summed E-state index contributed by atoms with van der Waals surface area (Å²) in [6.07, 6.45) is 4.37.